The van der Waals surface area contributed by atoms with E-state index in [0.29, 0.717) is 18.9 Å². The second-order valence-corrected chi connectivity index (χ2v) is 7.59. The molecule has 1 amide bonds. The van der Waals surface area contributed by atoms with Gasteiger partial charge in [-0.05, 0) is 17.5 Å². The van der Waals surface area contributed by atoms with Crippen LogP contribution in [0.4, 0.5) is 5.82 Å². The largest absolute Gasteiger partial charge is 0.353 e. The minimum Gasteiger partial charge on any atom is -0.353 e. The Bertz CT molecular complexity index is 1080. The van der Waals surface area contributed by atoms with Gasteiger partial charge in [-0.2, -0.15) is 5.10 Å². The molecular weight excluding hydrogens is 374 g/mol. The highest BCUT2D eigenvalue weighted by Gasteiger charge is 2.24. The molecule has 1 aliphatic rings. The molecule has 3 aromatic heterocycles. The van der Waals surface area contributed by atoms with E-state index in [9.17, 15) is 4.79 Å². The van der Waals surface area contributed by atoms with Gasteiger partial charge in [0.2, 0.25) is 0 Å². The molecule has 4 heterocycles. The van der Waals surface area contributed by atoms with Crippen LogP contribution in [0.1, 0.15) is 9.67 Å². The first-order chi connectivity index (χ1) is 13.8. The van der Waals surface area contributed by atoms with Crippen molar-refractivity contribution in [1.29, 1.82) is 0 Å². The van der Waals surface area contributed by atoms with Crippen LogP contribution >= 0.6 is 11.3 Å². The molecule has 0 atom stereocenters. The van der Waals surface area contributed by atoms with Gasteiger partial charge in [0, 0.05) is 36.9 Å². The standard InChI is InChI=1S/C19H17N7OS/c27-19(16-9-14-3-1-2-4-15(14)28-16)25-7-5-24(6-8-25)17-10-18(22-12-21-17)26-13-20-11-23-26/h1-4,9-13H,5-8H2. The molecule has 1 aliphatic heterocycles. The summed E-state index contributed by atoms with van der Waals surface area (Å²) in [6.45, 7) is 2.78. The second-order valence-electron chi connectivity index (χ2n) is 6.50. The number of anilines is 1. The van der Waals surface area contributed by atoms with Crippen molar-refractivity contribution in [2.75, 3.05) is 31.1 Å². The number of hydrogen-bond acceptors (Lipinski definition) is 7. The van der Waals surface area contributed by atoms with Crippen LogP contribution in [-0.4, -0.2) is 61.7 Å². The van der Waals surface area contributed by atoms with Gasteiger partial charge < -0.3 is 9.80 Å². The van der Waals surface area contributed by atoms with E-state index in [-0.39, 0.29) is 5.91 Å². The maximum absolute atomic E-state index is 12.9. The molecule has 0 saturated carbocycles. The summed E-state index contributed by atoms with van der Waals surface area (Å²) in [4.78, 5) is 30.3. The van der Waals surface area contributed by atoms with E-state index >= 15 is 0 Å². The summed E-state index contributed by atoms with van der Waals surface area (Å²) in [7, 11) is 0. The van der Waals surface area contributed by atoms with Crippen molar-refractivity contribution in [3.05, 3.63) is 60.3 Å². The van der Waals surface area contributed by atoms with Crippen molar-refractivity contribution in [1.82, 2.24) is 29.6 Å². The average Bonchev–Trinajstić information content (AvgIpc) is 3.43. The molecule has 4 aromatic rings. The third kappa shape index (κ3) is 3.09. The van der Waals surface area contributed by atoms with E-state index in [1.165, 1.54) is 12.7 Å². The molecule has 5 rings (SSSR count). The zero-order chi connectivity index (χ0) is 18.9. The monoisotopic (exact) mass is 391 g/mol. The third-order valence-corrected chi connectivity index (χ3v) is 5.92. The number of piperazine rings is 1. The Kier molecular flexibility index (Phi) is 4.21. The van der Waals surface area contributed by atoms with Gasteiger partial charge >= 0.3 is 0 Å². The van der Waals surface area contributed by atoms with E-state index in [2.05, 4.69) is 31.0 Å². The summed E-state index contributed by atoms with van der Waals surface area (Å²) < 4.78 is 2.75. The minimum absolute atomic E-state index is 0.104. The number of thiophene rings is 1. The van der Waals surface area contributed by atoms with Crippen LogP contribution < -0.4 is 4.90 Å². The first-order valence-corrected chi connectivity index (χ1v) is 9.79. The van der Waals surface area contributed by atoms with Crippen molar-refractivity contribution in [3.63, 3.8) is 0 Å². The number of amides is 1. The van der Waals surface area contributed by atoms with Crippen LogP contribution in [0, 0.1) is 0 Å². The lowest BCUT2D eigenvalue weighted by Gasteiger charge is -2.35. The molecule has 0 N–H and O–H groups in total. The molecule has 140 valence electrons. The van der Waals surface area contributed by atoms with Gasteiger partial charge in [-0.1, -0.05) is 18.2 Å². The fraction of sp³-hybridized carbons (Fsp3) is 0.211. The molecule has 8 nitrogen and oxygen atoms in total. The summed E-state index contributed by atoms with van der Waals surface area (Å²) in [5, 5.41) is 5.23. The number of hydrogen-bond donors (Lipinski definition) is 0. The van der Waals surface area contributed by atoms with Gasteiger partial charge in [-0.25, -0.2) is 19.6 Å². The maximum Gasteiger partial charge on any atom is 0.264 e. The first kappa shape index (κ1) is 16.8. The molecule has 0 unspecified atom stereocenters. The summed E-state index contributed by atoms with van der Waals surface area (Å²) in [5.74, 6) is 1.60. The highest BCUT2D eigenvalue weighted by Crippen LogP contribution is 2.27. The molecule has 1 saturated heterocycles. The minimum atomic E-state index is 0.104. The van der Waals surface area contributed by atoms with Gasteiger partial charge in [0.15, 0.2) is 5.82 Å². The van der Waals surface area contributed by atoms with Crippen LogP contribution in [0.3, 0.4) is 0 Å². The van der Waals surface area contributed by atoms with E-state index in [0.717, 1.165) is 33.9 Å². The fourth-order valence-corrected chi connectivity index (χ4v) is 4.37. The van der Waals surface area contributed by atoms with Gasteiger partial charge in [0.25, 0.3) is 5.91 Å². The van der Waals surface area contributed by atoms with Crippen molar-refractivity contribution in [3.8, 4) is 5.82 Å². The smallest absolute Gasteiger partial charge is 0.264 e. The van der Waals surface area contributed by atoms with Gasteiger partial charge in [0.1, 0.15) is 24.8 Å². The van der Waals surface area contributed by atoms with Crippen LogP contribution in [0.25, 0.3) is 15.9 Å². The number of carbonyl (C=O) groups is 1. The molecule has 0 bridgehead atoms. The fourth-order valence-electron chi connectivity index (χ4n) is 3.34. The first-order valence-electron chi connectivity index (χ1n) is 8.98. The molecule has 0 aliphatic carbocycles. The Labute approximate surface area is 165 Å². The van der Waals surface area contributed by atoms with Crippen molar-refractivity contribution in [2.24, 2.45) is 0 Å². The van der Waals surface area contributed by atoms with E-state index in [1.54, 1.807) is 22.3 Å². The molecule has 28 heavy (non-hydrogen) atoms. The Morgan fingerprint density at radius 2 is 1.79 bits per heavy atom. The summed E-state index contributed by atoms with van der Waals surface area (Å²) in [6, 6.07) is 12.0. The van der Waals surface area contributed by atoms with Gasteiger partial charge in [-0.3, -0.25) is 4.79 Å². The second kappa shape index (κ2) is 7.01. The topological polar surface area (TPSA) is 80.0 Å². The Morgan fingerprint density at radius 1 is 0.964 bits per heavy atom. The summed E-state index contributed by atoms with van der Waals surface area (Å²) >= 11 is 1.56. The lowest BCUT2D eigenvalue weighted by molar-refractivity contribution is 0.0751. The Morgan fingerprint density at radius 3 is 2.57 bits per heavy atom. The summed E-state index contributed by atoms with van der Waals surface area (Å²) in [6.07, 6.45) is 4.61. The number of benzene rings is 1. The van der Waals surface area contributed by atoms with Crippen molar-refractivity contribution >= 4 is 33.1 Å². The highest BCUT2D eigenvalue weighted by atomic mass is 32.1. The predicted octanol–water partition coefficient (Wildman–Crippen LogP) is 2.23. The maximum atomic E-state index is 12.9. The van der Waals surface area contributed by atoms with Crippen LogP contribution in [-0.2, 0) is 0 Å². The zero-order valence-electron chi connectivity index (χ0n) is 15.0. The van der Waals surface area contributed by atoms with E-state index < -0.39 is 0 Å². The quantitative estimate of drug-likeness (QED) is 0.533. The summed E-state index contributed by atoms with van der Waals surface area (Å²) in [5.41, 5.74) is 0. The number of aromatic nitrogens is 5. The lowest BCUT2D eigenvalue weighted by Crippen LogP contribution is -2.48. The molecule has 1 fully saturated rings. The Balaban J connectivity index is 1.28. The number of fused-ring (bicyclic) bond motifs is 1. The number of carbonyl (C=O) groups excluding carboxylic acids is 1. The number of rotatable bonds is 3. The van der Waals surface area contributed by atoms with Crippen LogP contribution in [0.2, 0.25) is 0 Å². The van der Waals surface area contributed by atoms with Crippen molar-refractivity contribution in [2.45, 2.75) is 0 Å². The predicted molar refractivity (Wildman–Crippen MR) is 107 cm³/mol. The lowest BCUT2D eigenvalue weighted by atomic mass is 10.2. The van der Waals surface area contributed by atoms with Crippen LogP contribution in [0.15, 0.2) is 55.4 Å². The molecule has 9 heteroatoms. The molecular formula is C19H17N7OS. The molecule has 1 aromatic carbocycles. The van der Waals surface area contributed by atoms with E-state index in [4.69, 9.17) is 0 Å². The normalized spacial score (nSPS) is 14.6. The van der Waals surface area contributed by atoms with E-state index in [1.807, 2.05) is 35.2 Å². The average molecular weight is 391 g/mol. The number of nitrogens with zero attached hydrogens (tertiary/aromatic N) is 7. The van der Waals surface area contributed by atoms with Gasteiger partial charge in [0.05, 0.1) is 4.88 Å². The Hall–Kier alpha value is -3.33. The van der Waals surface area contributed by atoms with Crippen molar-refractivity contribution < 1.29 is 4.79 Å². The van der Waals surface area contributed by atoms with Gasteiger partial charge in [-0.15, -0.1) is 11.3 Å². The SMILES string of the molecule is O=C(c1cc2ccccc2s1)N1CCN(c2cc(-n3cncn3)ncn2)CC1. The van der Waals surface area contributed by atoms with Crippen LogP contribution in [0.5, 0.6) is 0 Å². The molecule has 0 spiro atoms. The third-order valence-electron chi connectivity index (χ3n) is 4.82. The zero-order valence-corrected chi connectivity index (χ0v) is 15.8. The molecule has 0 radical (unpaired) electrons. The highest BCUT2D eigenvalue weighted by molar-refractivity contribution is 7.20.